The Kier molecular flexibility index (Phi) is 6.24. The third-order valence-electron chi connectivity index (χ3n) is 4.84. The third-order valence-corrected chi connectivity index (χ3v) is 4.84. The molecule has 1 aromatic carbocycles. The van der Waals surface area contributed by atoms with Gasteiger partial charge in [0.2, 0.25) is 0 Å². The summed E-state index contributed by atoms with van der Waals surface area (Å²) in [4.78, 5) is 26.1. The molecule has 29 heavy (non-hydrogen) atoms. The summed E-state index contributed by atoms with van der Waals surface area (Å²) in [5.74, 6) is -1.73. The van der Waals surface area contributed by atoms with Crippen molar-refractivity contribution in [3.63, 3.8) is 0 Å². The lowest BCUT2D eigenvalue weighted by molar-refractivity contribution is -0.149. The van der Waals surface area contributed by atoms with E-state index in [4.69, 9.17) is 4.74 Å². The molecule has 1 fully saturated rings. The zero-order chi connectivity index (χ0) is 21.0. The van der Waals surface area contributed by atoms with Crippen molar-refractivity contribution < 1.29 is 27.5 Å². The van der Waals surface area contributed by atoms with Crippen LogP contribution in [0.3, 0.4) is 0 Å². The summed E-state index contributed by atoms with van der Waals surface area (Å²) in [6.45, 7) is 2.12. The van der Waals surface area contributed by atoms with E-state index in [0.29, 0.717) is 18.4 Å². The second-order valence-electron chi connectivity index (χ2n) is 6.89. The standard InChI is InChI=1S/C20H22F3N3O3/c1-2-29-19(28)15-9-6-10-25(13-15)18(27)16-11-24-26(17(16)20(21,22)23)12-14-7-4-3-5-8-14/h3-5,7-8,11,15H,2,6,9-10,12-13H2,1H3/t15-/m1/s1. The number of ether oxygens (including phenoxy) is 1. The van der Waals surface area contributed by atoms with Crippen molar-refractivity contribution in [1.82, 2.24) is 14.7 Å². The molecule has 0 unspecified atom stereocenters. The highest BCUT2D eigenvalue weighted by Gasteiger charge is 2.42. The third kappa shape index (κ3) is 4.78. The second kappa shape index (κ2) is 8.67. The van der Waals surface area contributed by atoms with E-state index < -0.39 is 35.2 Å². The van der Waals surface area contributed by atoms with Crippen molar-refractivity contribution in [3.8, 4) is 0 Å². The van der Waals surface area contributed by atoms with E-state index in [9.17, 15) is 22.8 Å². The second-order valence-corrected chi connectivity index (χ2v) is 6.89. The molecule has 1 aromatic heterocycles. The van der Waals surface area contributed by atoms with Gasteiger partial charge in [-0.15, -0.1) is 0 Å². The Morgan fingerprint density at radius 3 is 2.62 bits per heavy atom. The molecule has 1 aliphatic heterocycles. The van der Waals surface area contributed by atoms with E-state index >= 15 is 0 Å². The quantitative estimate of drug-likeness (QED) is 0.711. The zero-order valence-corrected chi connectivity index (χ0v) is 16.0. The van der Waals surface area contributed by atoms with E-state index in [2.05, 4.69) is 5.10 Å². The van der Waals surface area contributed by atoms with Crippen LogP contribution in [-0.2, 0) is 22.3 Å². The number of carbonyl (C=O) groups is 2. The maximum Gasteiger partial charge on any atom is 0.433 e. The number of halogens is 3. The number of likely N-dealkylation sites (tertiary alicyclic amines) is 1. The van der Waals surface area contributed by atoms with Gasteiger partial charge in [-0.3, -0.25) is 14.3 Å². The van der Waals surface area contributed by atoms with Crippen LogP contribution in [0.5, 0.6) is 0 Å². The number of benzene rings is 1. The summed E-state index contributed by atoms with van der Waals surface area (Å²) in [6, 6.07) is 8.60. The predicted molar refractivity (Wildman–Crippen MR) is 98.0 cm³/mol. The molecule has 0 spiro atoms. The highest BCUT2D eigenvalue weighted by molar-refractivity contribution is 5.95. The monoisotopic (exact) mass is 409 g/mol. The highest BCUT2D eigenvalue weighted by atomic mass is 19.4. The largest absolute Gasteiger partial charge is 0.466 e. The Labute approximate surface area is 166 Å². The van der Waals surface area contributed by atoms with Crippen molar-refractivity contribution in [2.45, 2.75) is 32.5 Å². The van der Waals surface area contributed by atoms with Gasteiger partial charge in [0.05, 0.1) is 30.8 Å². The van der Waals surface area contributed by atoms with E-state index in [1.54, 1.807) is 37.3 Å². The molecule has 0 N–H and O–H groups in total. The Morgan fingerprint density at radius 1 is 1.24 bits per heavy atom. The molecule has 0 aliphatic carbocycles. The Hall–Kier alpha value is -2.84. The number of rotatable bonds is 5. The number of hydrogen-bond donors (Lipinski definition) is 0. The minimum absolute atomic E-state index is 0.0405. The fourth-order valence-corrected chi connectivity index (χ4v) is 3.50. The zero-order valence-electron chi connectivity index (χ0n) is 16.0. The molecule has 1 aliphatic rings. The molecule has 1 atom stereocenters. The van der Waals surface area contributed by atoms with Crippen molar-refractivity contribution in [3.05, 3.63) is 53.3 Å². The molecule has 6 nitrogen and oxygen atoms in total. The lowest BCUT2D eigenvalue weighted by Gasteiger charge is -2.31. The Morgan fingerprint density at radius 2 is 1.97 bits per heavy atom. The van der Waals surface area contributed by atoms with Crippen LogP contribution in [0, 0.1) is 5.92 Å². The van der Waals surface area contributed by atoms with Gasteiger partial charge in [0, 0.05) is 13.1 Å². The molecule has 156 valence electrons. The first-order valence-corrected chi connectivity index (χ1v) is 9.44. The summed E-state index contributed by atoms with van der Waals surface area (Å²) in [6.07, 6.45) is -2.72. The normalized spacial score (nSPS) is 17.2. The first-order valence-electron chi connectivity index (χ1n) is 9.44. The number of nitrogens with zero attached hydrogens (tertiary/aromatic N) is 3. The van der Waals surface area contributed by atoms with Gasteiger partial charge in [0.1, 0.15) is 0 Å². The molecular formula is C20H22F3N3O3. The van der Waals surface area contributed by atoms with Gasteiger partial charge in [-0.2, -0.15) is 18.3 Å². The molecular weight excluding hydrogens is 387 g/mol. The highest BCUT2D eigenvalue weighted by Crippen LogP contribution is 2.33. The first-order chi connectivity index (χ1) is 13.8. The van der Waals surface area contributed by atoms with Crippen LogP contribution in [0.1, 0.15) is 41.4 Å². The van der Waals surface area contributed by atoms with Crippen molar-refractivity contribution in [2.75, 3.05) is 19.7 Å². The number of hydrogen-bond acceptors (Lipinski definition) is 4. The Bertz CT molecular complexity index is 865. The number of aromatic nitrogens is 2. The summed E-state index contributed by atoms with van der Waals surface area (Å²) in [5.41, 5.74) is -0.942. The van der Waals surface area contributed by atoms with E-state index in [1.165, 1.54) is 4.90 Å². The topological polar surface area (TPSA) is 64.4 Å². The van der Waals surface area contributed by atoms with Gasteiger partial charge in [-0.25, -0.2) is 0 Å². The van der Waals surface area contributed by atoms with E-state index in [0.717, 1.165) is 10.9 Å². The average molecular weight is 409 g/mol. The van der Waals surface area contributed by atoms with Gasteiger partial charge in [-0.1, -0.05) is 30.3 Å². The lowest BCUT2D eigenvalue weighted by atomic mass is 9.97. The molecule has 0 bridgehead atoms. The molecule has 2 heterocycles. The number of piperidine rings is 1. The number of amides is 1. The molecule has 1 saturated heterocycles. The van der Waals surface area contributed by atoms with Crippen LogP contribution in [0.2, 0.25) is 0 Å². The molecule has 1 amide bonds. The van der Waals surface area contributed by atoms with E-state index in [1.807, 2.05) is 0 Å². The van der Waals surface area contributed by atoms with Gasteiger partial charge in [0.15, 0.2) is 5.69 Å². The fourth-order valence-electron chi connectivity index (χ4n) is 3.50. The van der Waals surface area contributed by atoms with Crippen LogP contribution in [-0.4, -0.2) is 46.3 Å². The van der Waals surface area contributed by atoms with Crippen LogP contribution in [0.4, 0.5) is 13.2 Å². The minimum Gasteiger partial charge on any atom is -0.466 e. The maximum absolute atomic E-state index is 13.8. The van der Waals surface area contributed by atoms with E-state index in [-0.39, 0.29) is 26.2 Å². The smallest absolute Gasteiger partial charge is 0.433 e. The fraction of sp³-hybridized carbons (Fsp3) is 0.450. The van der Waals surface area contributed by atoms with Crippen molar-refractivity contribution in [1.29, 1.82) is 0 Å². The average Bonchev–Trinajstić information content (AvgIpc) is 3.12. The first kappa shape index (κ1) is 20.9. The molecule has 2 aromatic rings. The minimum atomic E-state index is -4.74. The van der Waals surface area contributed by atoms with Gasteiger partial charge in [0.25, 0.3) is 5.91 Å². The summed E-state index contributed by atoms with van der Waals surface area (Å²) < 4.78 is 47.1. The predicted octanol–water partition coefficient (Wildman–Crippen LogP) is 3.37. The van der Waals surface area contributed by atoms with Gasteiger partial charge < -0.3 is 9.64 Å². The molecule has 9 heteroatoms. The number of esters is 1. The molecule has 3 rings (SSSR count). The summed E-state index contributed by atoms with van der Waals surface area (Å²) in [7, 11) is 0. The molecule has 0 saturated carbocycles. The van der Waals surface area contributed by atoms with Gasteiger partial charge >= 0.3 is 12.1 Å². The SMILES string of the molecule is CCOC(=O)[C@@H]1CCCN(C(=O)c2cnn(Cc3ccccc3)c2C(F)(F)F)C1. The lowest BCUT2D eigenvalue weighted by Crippen LogP contribution is -2.43. The number of carbonyl (C=O) groups excluding carboxylic acids is 2. The van der Waals surface area contributed by atoms with Crippen LogP contribution >= 0.6 is 0 Å². The maximum atomic E-state index is 13.8. The van der Waals surface area contributed by atoms with Crippen LogP contribution in [0.25, 0.3) is 0 Å². The van der Waals surface area contributed by atoms with Gasteiger partial charge in [-0.05, 0) is 25.3 Å². The summed E-state index contributed by atoms with van der Waals surface area (Å²) >= 11 is 0. The Balaban J connectivity index is 1.86. The summed E-state index contributed by atoms with van der Waals surface area (Å²) in [5, 5.41) is 3.83. The number of alkyl halides is 3. The van der Waals surface area contributed by atoms with Crippen LogP contribution in [0.15, 0.2) is 36.5 Å². The van der Waals surface area contributed by atoms with Crippen molar-refractivity contribution >= 4 is 11.9 Å². The molecule has 0 radical (unpaired) electrons. The van der Waals surface area contributed by atoms with Crippen molar-refractivity contribution in [2.24, 2.45) is 5.92 Å². The van der Waals surface area contributed by atoms with Crippen LogP contribution < -0.4 is 0 Å².